The second-order valence-corrected chi connectivity index (χ2v) is 8.44. The summed E-state index contributed by atoms with van der Waals surface area (Å²) < 4.78 is 0. The summed E-state index contributed by atoms with van der Waals surface area (Å²) in [5, 5.41) is 28.9. The van der Waals surface area contributed by atoms with Gasteiger partial charge in [-0.25, -0.2) is 0 Å². The van der Waals surface area contributed by atoms with Crippen LogP contribution in [0.2, 0.25) is 0 Å². The molecule has 3 aliphatic rings. The number of rotatable bonds is 2. The maximum absolute atomic E-state index is 13.5. The number of ketones is 1. The zero-order valence-electron chi connectivity index (χ0n) is 17.1. The van der Waals surface area contributed by atoms with Gasteiger partial charge in [0.1, 0.15) is 11.7 Å². The molecule has 0 aromatic heterocycles. The quantitative estimate of drug-likeness (QED) is 0.306. The van der Waals surface area contributed by atoms with Crippen LogP contribution in [0.3, 0.4) is 0 Å². The number of carbonyl (C=O) groups is 1. The van der Waals surface area contributed by atoms with E-state index >= 15 is 0 Å². The summed E-state index contributed by atoms with van der Waals surface area (Å²) in [6.45, 7) is 1.15. The Balaban J connectivity index is 1.41. The minimum Gasteiger partial charge on any atom is -0.510 e. The van der Waals surface area contributed by atoms with Gasteiger partial charge in [0, 0.05) is 33.4 Å². The molecule has 0 saturated carbocycles. The van der Waals surface area contributed by atoms with Crippen LogP contribution in [-0.4, -0.2) is 24.2 Å². The van der Waals surface area contributed by atoms with Crippen LogP contribution >= 0.6 is 0 Å². The fourth-order valence-corrected chi connectivity index (χ4v) is 5.37. The maximum atomic E-state index is 13.5. The van der Waals surface area contributed by atoms with Gasteiger partial charge in [0.05, 0.1) is 24.6 Å². The fraction of sp³-hybridized carbons (Fsp3) is 0.115. The zero-order chi connectivity index (χ0) is 21.4. The van der Waals surface area contributed by atoms with Crippen molar-refractivity contribution in [3.63, 3.8) is 0 Å². The highest BCUT2D eigenvalue weighted by Crippen LogP contribution is 2.50. The number of nitrogens with one attached hydrogen (secondary N) is 4. The summed E-state index contributed by atoms with van der Waals surface area (Å²) in [5.74, 6) is -0.566. The summed E-state index contributed by atoms with van der Waals surface area (Å²) >= 11 is 0. The first-order chi connectivity index (χ1) is 15.7. The molecule has 1 aliphatic carbocycles. The first kappa shape index (κ1) is 17.5. The third-order valence-corrected chi connectivity index (χ3v) is 6.83. The lowest BCUT2D eigenvalue weighted by Crippen LogP contribution is -2.31. The molecular weight excluding hydrogens is 400 g/mol. The molecule has 6 heteroatoms. The number of carbonyl (C=O) groups excluding carboxylic acids is 1. The molecule has 0 amide bonds. The molecule has 2 heterocycles. The summed E-state index contributed by atoms with van der Waals surface area (Å²) in [5.41, 5.74) is 5.88. The van der Waals surface area contributed by atoms with E-state index in [1.165, 1.54) is 0 Å². The molecule has 0 saturated heterocycles. The molecule has 5 N–H and O–H groups in total. The van der Waals surface area contributed by atoms with Crippen molar-refractivity contribution in [1.82, 2.24) is 0 Å². The lowest BCUT2D eigenvalue weighted by molar-refractivity contribution is -0.116. The van der Waals surface area contributed by atoms with E-state index in [0.29, 0.717) is 18.9 Å². The monoisotopic (exact) mass is 420 g/mol. The summed E-state index contributed by atoms with van der Waals surface area (Å²) in [6, 6.07) is 20.1. The van der Waals surface area contributed by atoms with Gasteiger partial charge in [-0.1, -0.05) is 48.5 Å². The van der Waals surface area contributed by atoms with Gasteiger partial charge in [-0.15, -0.1) is 0 Å². The van der Waals surface area contributed by atoms with Crippen molar-refractivity contribution in [2.24, 2.45) is 0 Å². The Morgan fingerprint density at radius 2 is 1.34 bits per heavy atom. The van der Waals surface area contributed by atoms with Crippen LogP contribution in [0.15, 0.2) is 66.4 Å². The summed E-state index contributed by atoms with van der Waals surface area (Å²) in [6.07, 6.45) is 0. The third kappa shape index (κ3) is 2.16. The Kier molecular flexibility index (Phi) is 3.37. The molecule has 0 fully saturated rings. The van der Waals surface area contributed by atoms with E-state index in [4.69, 9.17) is 0 Å². The standard InChI is InChI=1S/C26H20N4O2/c31-25-21(15-9-7-13-3-1-5-17-19(13)23(15)29-11-27-17)26(32)22(25)16-10-8-14-4-2-6-18-20(14)24(16)30-12-28-18/h1-10,21,27-31H,11-12H2. The number of allylic oxidation sites excluding steroid dienone is 2. The van der Waals surface area contributed by atoms with Crippen molar-refractivity contribution in [3.8, 4) is 0 Å². The van der Waals surface area contributed by atoms with Crippen molar-refractivity contribution in [3.05, 3.63) is 77.5 Å². The van der Waals surface area contributed by atoms with E-state index in [2.05, 4.69) is 33.4 Å². The van der Waals surface area contributed by atoms with Crippen LogP contribution < -0.4 is 21.3 Å². The normalized spacial score (nSPS) is 18.5. The van der Waals surface area contributed by atoms with E-state index in [0.717, 1.165) is 55.4 Å². The van der Waals surface area contributed by atoms with Gasteiger partial charge in [0.25, 0.3) is 0 Å². The Morgan fingerprint density at radius 1 is 0.719 bits per heavy atom. The van der Waals surface area contributed by atoms with E-state index in [1.807, 2.05) is 48.5 Å². The Labute approximate surface area is 183 Å². The molecule has 6 nitrogen and oxygen atoms in total. The van der Waals surface area contributed by atoms with Gasteiger partial charge in [0.15, 0.2) is 5.78 Å². The predicted molar refractivity (Wildman–Crippen MR) is 129 cm³/mol. The average Bonchev–Trinajstić information content (AvgIpc) is 2.83. The Morgan fingerprint density at radius 3 is 2.03 bits per heavy atom. The average molecular weight is 420 g/mol. The molecule has 0 spiro atoms. The van der Waals surface area contributed by atoms with E-state index in [9.17, 15) is 9.90 Å². The molecule has 156 valence electrons. The zero-order valence-corrected chi connectivity index (χ0v) is 17.1. The van der Waals surface area contributed by atoms with Crippen LogP contribution in [0.5, 0.6) is 0 Å². The van der Waals surface area contributed by atoms with Gasteiger partial charge in [-0.2, -0.15) is 0 Å². The number of anilines is 4. The molecule has 4 aromatic carbocycles. The minimum atomic E-state index is -0.650. The van der Waals surface area contributed by atoms with Gasteiger partial charge in [0.2, 0.25) is 0 Å². The lowest BCUT2D eigenvalue weighted by Gasteiger charge is -2.33. The van der Waals surface area contributed by atoms with Crippen molar-refractivity contribution in [1.29, 1.82) is 0 Å². The number of aliphatic hydroxyl groups excluding tert-OH is 1. The Hall–Kier alpha value is -4.19. The molecule has 1 unspecified atom stereocenters. The van der Waals surface area contributed by atoms with Crippen molar-refractivity contribution >= 4 is 55.7 Å². The molecule has 2 aliphatic heterocycles. The predicted octanol–water partition coefficient (Wildman–Crippen LogP) is 5.22. The summed E-state index contributed by atoms with van der Waals surface area (Å²) in [4.78, 5) is 13.5. The van der Waals surface area contributed by atoms with E-state index in [-0.39, 0.29) is 11.5 Å². The number of benzene rings is 4. The lowest BCUT2D eigenvalue weighted by atomic mass is 9.73. The number of aliphatic hydroxyl groups is 1. The van der Waals surface area contributed by atoms with Gasteiger partial charge < -0.3 is 26.4 Å². The van der Waals surface area contributed by atoms with Crippen LogP contribution in [0.25, 0.3) is 27.1 Å². The Bertz CT molecular complexity index is 1520. The molecule has 0 radical (unpaired) electrons. The number of hydrogen-bond acceptors (Lipinski definition) is 6. The van der Waals surface area contributed by atoms with Crippen molar-refractivity contribution in [2.45, 2.75) is 5.92 Å². The number of hydrogen-bond donors (Lipinski definition) is 5. The maximum Gasteiger partial charge on any atom is 0.182 e. The minimum absolute atomic E-state index is 0.0515. The molecule has 0 bridgehead atoms. The fourth-order valence-electron chi connectivity index (χ4n) is 5.37. The molecule has 4 aromatic rings. The van der Waals surface area contributed by atoms with Crippen LogP contribution in [0, 0.1) is 0 Å². The summed E-state index contributed by atoms with van der Waals surface area (Å²) in [7, 11) is 0. The number of Topliss-reactive ketones (excluding diaryl/α,β-unsaturated/α-hetero) is 1. The van der Waals surface area contributed by atoms with Crippen LogP contribution in [0.4, 0.5) is 22.7 Å². The highest BCUT2D eigenvalue weighted by atomic mass is 16.3. The van der Waals surface area contributed by atoms with Crippen molar-refractivity contribution in [2.75, 3.05) is 34.6 Å². The molecule has 1 atom stereocenters. The van der Waals surface area contributed by atoms with Gasteiger partial charge in [-0.3, -0.25) is 4.79 Å². The highest BCUT2D eigenvalue weighted by molar-refractivity contribution is 6.34. The van der Waals surface area contributed by atoms with E-state index < -0.39 is 5.92 Å². The third-order valence-electron chi connectivity index (χ3n) is 6.83. The second kappa shape index (κ2) is 6.17. The first-order valence-electron chi connectivity index (χ1n) is 10.8. The van der Waals surface area contributed by atoms with Gasteiger partial charge >= 0.3 is 0 Å². The molecule has 7 rings (SSSR count). The first-order valence-corrected chi connectivity index (χ1v) is 10.8. The molecule has 32 heavy (non-hydrogen) atoms. The molecular formula is C26H20N4O2. The largest absolute Gasteiger partial charge is 0.510 e. The topological polar surface area (TPSA) is 85.4 Å². The van der Waals surface area contributed by atoms with Crippen LogP contribution in [-0.2, 0) is 4.79 Å². The van der Waals surface area contributed by atoms with E-state index in [1.54, 1.807) is 0 Å². The highest BCUT2D eigenvalue weighted by Gasteiger charge is 2.44. The van der Waals surface area contributed by atoms with Gasteiger partial charge in [-0.05, 0) is 28.5 Å². The smallest absolute Gasteiger partial charge is 0.182 e. The van der Waals surface area contributed by atoms with Crippen LogP contribution in [0.1, 0.15) is 17.0 Å². The second-order valence-electron chi connectivity index (χ2n) is 8.44. The SMILES string of the molecule is O=C1C(c2ccc3cccc4c3c2NCN4)=C(O)C1c1ccc2cccc3c2c1NCN3. The van der Waals surface area contributed by atoms with Crippen molar-refractivity contribution < 1.29 is 9.90 Å².